The number of aliphatic imine (C=N–C) groups is 1. The molecule has 4 aliphatic rings. The lowest BCUT2D eigenvalue weighted by Crippen LogP contribution is -2.20. The van der Waals surface area contributed by atoms with Gasteiger partial charge in [0.25, 0.3) is 0 Å². The molecule has 0 radical (unpaired) electrons. The van der Waals surface area contributed by atoms with Crippen LogP contribution < -0.4 is 4.90 Å². The first kappa shape index (κ1) is 36.2. The van der Waals surface area contributed by atoms with E-state index in [9.17, 15) is 0 Å². The van der Waals surface area contributed by atoms with Gasteiger partial charge in [-0.3, -0.25) is 9.98 Å². The number of benzene rings is 5. The summed E-state index contributed by atoms with van der Waals surface area (Å²) in [5.74, 6) is 0.168. The van der Waals surface area contributed by atoms with Crippen LogP contribution in [0.4, 0.5) is 11.4 Å². The van der Waals surface area contributed by atoms with Gasteiger partial charge in [-0.05, 0) is 109 Å². The molecular weight excluding hydrogens is 755 g/mol. The maximum Gasteiger partial charge on any atom is 0.0709 e. The molecule has 1 atom stereocenters. The van der Waals surface area contributed by atoms with E-state index >= 15 is 0 Å². The largest absolute Gasteiger partial charge is 0.313 e. The molecule has 2 aliphatic carbocycles. The second-order valence-electron chi connectivity index (χ2n) is 16.6. The summed E-state index contributed by atoms with van der Waals surface area (Å²) in [6.45, 7) is 0. The van der Waals surface area contributed by atoms with Crippen molar-refractivity contribution in [2.24, 2.45) is 10.9 Å². The standard InChI is InChI=1S/C57H43N5/c1-5-22-51-39(14-1)28-31-52(60-51)41-16-13-15-40(34-41)38-26-29-44(30-27-38)61-53-23-6-2-17-46(53)56-47-18-3-7-24-54(47)62(57(56)48-19-4-8-25-55(48)61)45-36-42(49-20-9-11-32-58-49)35-43(37-45)50-21-10-12-33-59-50/h1-7,9,11-20,22-24,26-36,43H,8,10,21,25,37H2. The van der Waals surface area contributed by atoms with E-state index in [-0.39, 0.29) is 5.92 Å². The Hall–Kier alpha value is -7.63. The van der Waals surface area contributed by atoms with Gasteiger partial charge in [0.05, 0.1) is 33.8 Å². The van der Waals surface area contributed by atoms with Crippen molar-refractivity contribution in [1.29, 1.82) is 0 Å². The van der Waals surface area contributed by atoms with E-state index in [1.54, 1.807) is 0 Å². The third kappa shape index (κ3) is 6.19. The van der Waals surface area contributed by atoms with Gasteiger partial charge in [-0.1, -0.05) is 121 Å². The molecule has 0 spiro atoms. The van der Waals surface area contributed by atoms with Crippen LogP contribution in [0.1, 0.15) is 43.5 Å². The summed E-state index contributed by atoms with van der Waals surface area (Å²) < 4.78 is 2.58. The predicted octanol–water partition coefficient (Wildman–Crippen LogP) is 14.5. The Morgan fingerprint density at radius 1 is 0.645 bits per heavy atom. The van der Waals surface area contributed by atoms with Crippen molar-refractivity contribution in [3.05, 3.63) is 212 Å². The number of anilines is 2. The fourth-order valence-electron chi connectivity index (χ4n) is 10.0. The van der Waals surface area contributed by atoms with E-state index in [2.05, 4.69) is 179 Å². The van der Waals surface area contributed by atoms with Crippen LogP contribution >= 0.6 is 0 Å². The smallest absolute Gasteiger partial charge is 0.0709 e. The molecule has 5 heterocycles. The van der Waals surface area contributed by atoms with Gasteiger partial charge >= 0.3 is 0 Å². The highest BCUT2D eigenvalue weighted by Gasteiger charge is 2.34. The number of nitrogens with zero attached hydrogens (tertiary/aromatic N) is 5. The molecule has 2 aliphatic heterocycles. The van der Waals surface area contributed by atoms with Crippen LogP contribution in [0.2, 0.25) is 0 Å². The first-order valence-electron chi connectivity index (χ1n) is 21.8. The lowest BCUT2D eigenvalue weighted by molar-refractivity contribution is 0.809. The van der Waals surface area contributed by atoms with Gasteiger partial charge in [0.15, 0.2) is 0 Å². The number of fused-ring (bicyclic) bond motifs is 7. The van der Waals surface area contributed by atoms with Gasteiger partial charge in [-0.2, -0.15) is 0 Å². The fourth-order valence-corrected chi connectivity index (χ4v) is 10.0. The van der Waals surface area contributed by atoms with Crippen LogP contribution in [-0.2, 0) is 0 Å². The summed E-state index contributed by atoms with van der Waals surface area (Å²) in [6, 6.07) is 54.7. The lowest BCUT2D eigenvalue weighted by atomic mass is 9.86. The van der Waals surface area contributed by atoms with Crippen molar-refractivity contribution in [1.82, 2.24) is 14.5 Å². The molecule has 1 unspecified atom stereocenters. The number of para-hydroxylation sites is 3. The molecule has 62 heavy (non-hydrogen) atoms. The number of rotatable bonds is 6. The van der Waals surface area contributed by atoms with Gasteiger partial charge in [-0.15, -0.1) is 0 Å². The normalized spacial score (nSPS) is 16.9. The molecule has 296 valence electrons. The van der Waals surface area contributed by atoms with Crippen LogP contribution in [0.3, 0.4) is 0 Å². The SMILES string of the molecule is C1=CN=C(C2C=C(c3ccccn3)C=C(n3c4c(c5ccccc53)-c3ccccc3N(c3ccc(-c5cccc(-c6ccc7ccccc7n6)c5)cc3)C3=C4C=CCC3)C2)CC1. The molecule has 0 fully saturated rings. The topological polar surface area (TPSA) is 46.3 Å². The molecule has 5 heteroatoms. The van der Waals surface area contributed by atoms with Crippen LogP contribution in [-0.4, -0.2) is 20.2 Å². The van der Waals surface area contributed by atoms with Gasteiger partial charge < -0.3 is 9.47 Å². The molecule has 0 bridgehead atoms. The molecule has 3 aromatic heterocycles. The summed E-state index contributed by atoms with van der Waals surface area (Å²) >= 11 is 0. The Morgan fingerprint density at radius 2 is 1.48 bits per heavy atom. The van der Waals surface area contributed by atoms with E-state index in [4.69, 9.17) is 15.0 Å². The lowest BCUT2D eigenvalue weighted by Gasteiger charge is -2.31. The third-order valence-corrected chi connectivity index (χ3v) is 12.9. The van der Waals surface area contributed by atoms with Gasteiger partial charge in [0.2, 0.25) is 0 Å². The van der Waals surface area contributed by atoms with E-state index in [0.29, 0.717) is 0 Å². The van der Waals surface area contributed by atoms with Crippen molar-refractivity contribution in [3.8, 4) is 33.5 Å². The molecular formula is C57H43N5. The van der Waals surface area contributed by atoms with Crippen LogP contribution in [0.25, 0.3) is 72.2 Å². The van der Waals surface area contributed by atoms with Gasteiger partial charge in [0, 0.05) is 74.1 Å². The highest BCUT2D eigenvalue weighted by Crippen LogP contribution is 2.53. The van der Waals surface area contributed by atoms with Crippen molar-refractivity contribution in [2.45, 2.75) is 32.1 Å². The van der Waals surface area contributed by atoms with Crippen molar-refractivity contribution in [2.75, 3.05) is 4.90 Å². The van der Waals surface area contributed by atoms with Crippen LogP contribution in [0.5, 0.6) is 0 Å². The molecule has 5 aromatic carbocycles. The van der Waals surface area contributed by atoms with Crippen molar-refractivity contribution < 1.29 is 0 Å². The summed E-state index contributed by atoms with van der Waals surface area (Å²) in [4.78, 5) is 17.3. The van der Waals surface area contributed by atoms with Gasteiger partial charge in [0.1, 0.15) is 0 Å². The van der Waals surface area contributed by atoms with E-state index in [0.717, 1.165) is 71.2 Å². The zero-order valence-electron chi connectivity index (χ0n) is 34.3. The highest BCUT2D eigenvalue weighted by molar-refractivity contribution is 6.11. The summed E-state index contributed by atoms with van der Waals surface area (Å²) in [6.07, 6.45) is 20.3. The quantitative estimate of drug-likeness (QED) is 0.168. The second kappa shape index (κ2) is 15.1. The number of hydrogen-bond donors (Lipinski definition) is 0. The molecule has 0 amide bonds. The Balaban J connectivity index is 1.01. The fraction of sp³-hybridized carbons (Fsp3) is 0.105. The average molecular weight is 798 g/mol. The maximum atomic E-state index is 5.00. The highest BCUT2D eigenvalue weighted by atomic mass is 15.2. The third-order valence-electron chi connectivity index (χ3n) is 12.9. The Bertz CT molecular complexity index is 3270. The molecule has 0 saturated heterocycles. The first-order chi connectivity index (χ1) is 30.7. The maximum absolute atomic E-state index is 5.00. The molecule has 12 rings (SSSR count). The minimum atomic E-state index is 0.168. The van der Waals surface area contributed by atoms with Crippen LogP contribution in [0, 0.1) is 5.92 Å². The second-order valence-corrected chi connectivity index (χ2v) is 16.6. The molecule has 5 nitrogen and oxygen atoms in total. The Labute approximate surface area is 361 Å². The van der Waals surface area contributed by atoms with E-state index in [1.165, 1.54) is 67.2 Å². The minimum absolute atomic E-state index is 0.168. The summed E-state index contributed by atoms with van der Waals surface area (Å²) in [5, 5.41) is 2.40. The minimum Gasteiger partial charge on any atom is -0.313 e. The number of hydrogen-bond acceptors (Lipinski definition) is 4. The number of aromatic nitrogens is 3. The zero-order chi connectivity index (χ0) is 41.0. The van der Waals surface area contributed by atoms with Crippen molar-refractivity contribution >= 4 is 55.7 Å². The van der Waals surface area contributed by atoms with Crippen molar-refractivity contribution in [3.63, 3.8) is 0 Å². The van der Waals surface area contributed by atoms with E-state index in [1.807, 2.05) is 24.5 Å². The average Bonchev–Trinajstić information content (AvgIpc) is 3.63. The number of allylic oxidation sites excluding steroid dienone is 9. The van der Waals surface area contributed by atoms with Gasteiger partial charge in [-0.25, -0.2) is 4.98 Å². The zero-order valence-corrected chi connectivity index (χ0v) is 34.3. The summed E-state index contributed by atoms with van der Waals surface area (Å²) in [7, 11) is 0. The number of pyridine rings is 2. The first-order valence-corrected chi connectivity index (χ1v) is 21.8. The van der Waals surface area contributed by atoms with Crippen LogP contribution in [0.15, 0.2) is 205 Å². The monoisotopic (exact) mass is 797 g/mol. The predicted molar refractivity (Wildman–Crippen MR) is 258 cm³/mol. The molecule has 0 saturated carbocycles. The van der Waals surface area contributed by atoms with E-state index < -0.39 is 0 Å². The Morgan fingerprint density at radius 3 is 2.39 bits per heavy atom. The molecule has 0 N–H and O–H groups in total. The Kier molecular flexibility index (Phi) is 8.84. The summed E-state index contributed by atoms with van der Waals surface area (Å²) in [5.41, 5.74) is 20.0. The molecule has 8 aromatic rings.